The van der Waals surface area contributed by atoms with Crippen molar-refractivity contribution < 1.29 is 0 Å². The van der Waals surface area contributed by atoms with Gasteiger partial charge in [-0.05, 0) is 24.3 Å². The minimum Gasteiger partial charge on any atom is -0.393 e. The first-order valence-corrected chi connectivity index (χ1v) is 6.65. The molecule has 0 atom stereocenters. The first-order valence-electron chi connectivity index (χ1n) is 4.87. The van der Waals surface area contributed by atoms with E-state index in [9.17, 15) is 4.79 Å². The number of nitrogen functional groups attached to an aromatic ring is 1. The van der Waals surface area contributed by atoms with Crippen molar-refractivity contribution in [3.63, 3.8) is 0 Å². The zero-order valence-corrected chi connectivity index (χ0v) is 11.2. The van der Waals surface area contributed by atoms with Crippen molar-refractivity contribution in [2.75, 3.05) is 5.73 Å². The maximum Gasteiger partial charge on any atom is 0.274 e. The maximum atomic E-state index is 11.3. The number of nitrogens with zero attached hydrogens (tertiary/aromatic N) is 1. The van der Waals surface area contributed by atoms with Gasteiger partial charge in [0, 0.05) is 9.37 Å². The Labute approximate surface area is 111 Å². The summed E-state index contributed by atoms with van der Waals surface area (Å²) < 4.78 is 1.04. The zero-order chi connectivity index (χ0) is 12.3. The number of hydrogen-bond donors (Lipinski definition) is 2. The fraction of sp³-hybridized carbons (Fsp3) is 0.0909. The second-order valence-corrected chi connectivity index (χ2v) is 5.32. The van der Waals surface area contributed by atoms with Crippen molar-refractivity contribution in [3.05, 3.63) is 51.1 Å². The Kier molecular flexibility index (Phi) is 3.86. The number of rotatable bonds is 3. The monoisotopic (exact) mass is 311 g/mol. The number of thioether (sulfide) groups is 1. The minimum absolute atomic E-state index is 0.141. The van der Waals surface area contributed by atoms with Crippen LogP contribution >= 0.6 is 27.7 Å². The predicted octanol–water partition coefficient (Wildman–Crippen LogP) is 2.41. The van der Waals surface area contributed by atoms with Crippen molar-refractivity contribution in [1.82, 2.24) is 9.97 Å². The van der Waals surface area contributed by atoms with Gasteiger partial charge in [0.2, 0.25) is 0 Å². The molecule has 88 valence electrons. The molecule has 1 aromatic carbocycles. The molecular weight excluding hydrogens is 302 g/mol. The largest absolute Gasteiger partial charge is 0.393 e. The summed E-state index contributed by atoms with van der Waals surface area (Å²) in [7, 11) is 0. The van der Waals surface area contributed by atoms with Crippen LogP contribution in [0.4, 0.5) is 5.69 Å². The highest BCUT2D eigenvalue weighted by Gasteiger charge is 2.00. The topological polar surface area (TPSA) is 71.8 Å². The molecular formula is C11H10BrN3OS. The van der Waals surface area contributed by atoms with E-state index < -0.39 is 0 Å². The second kappa shape index (κ2) is 5.37. The van der Waals surface area contributed by atoms with E-state index >= 15 is 0 Å². The molecule has 0 aliphatic carbocycles. The fourth-order valence-corrected chi connectivity index (χ4v) is 2.24. The van der Waals surface area contributed by atoms with Crippen LogP contribution in [-0.2, 0) is 5.75 Å². The van der Waals surface area contributed by atoms with Gasteiger partial charge in [0.25, 0.3) is 5.56 Å². The molecule has 0 amide bonds. The molecule has 17 heavy (non-hydrogen) atoms. The summed E-state index contributed by atoms with van der Waals surface area (Å²) in [6.07, 6.45) is 1.39. The number of aromatic nitrogens is 2. The Morgan fingerprint density at radius 1 is 1.35 bits per heavy atom. The summed E-state index contributed by atoms with van der Waals surface area (Å²) in [5.41, 5.74) is 5.25. The highest BCUT2D eigenvalue weighted by Crippen LogP contribution is 2.22. The van der Waals surface area contributed by atoms with Crippen LogP contribution in [0.25, 0.3) is 0 Å². The third-order valence-corrected chi connectivity index (χ3v) is 3.62. The number of nitrogens with two attached hydrogens (primary N) is 1. The number of halogens is 1. The molecule has 0 unspecified atom stereocenters. The molecule has 6 heteroatoms. The van der Waals surface area contributed by atoms with Gasteiger partial charge in [-0.25, -0.2) is 4.98 Å². The van der Waals surface area contributed by atoms with E-state index in [2.05, 4.69) is 25.9 Å². The lowest BCUT2D eigenvalue weighted by atomic mass is 10.4. The van der Waals surface area contributed by atoms with Crippen molar-refractivity contribution in [2.24, 2.45) is 0 Å². The number of nitrogens with one attached hydrogen (secondary N) is 1. The van der Waals surface area contributed by atoms with Gasteiger partial charge in [-0.2, -0.15) is 0 Å². The van der Waals surface area contributed by atoms with Gasteiger partial charge in [0.05, 0.1) is 11.9 Å². The molecule has 0 saturated heterocycles. The molecule has 4 nitrogen and oxygen atoms in total. The van der Waals surface area contributed by atoms with Crippen LogP contribution in [0.1, 0.15) is 5.82 Å². The number of hydrogen-bond acceptors (Lipinski definition) is 4. The summed E-state index contributed by atoms with van der Waals surface area (Å²) in [5.74, 6) is 1.23. The zero-order valence-electron chi connectivity index (χ0n) is 8.81. The van der Waals surface area contributed by atoms with E-state index in [1.165, 1.54) is 6.20 Å². The van der Waals surface area contributed by atoms with Crippen molar-refractivity contribution in [1.29, 1.82) is 0 Å². The first-order chi connectivity index (χ1) is 8.15. The van der Waals surface area contributed by atoms with Gasteiger partial charge >= 0.3 is 0 Å². The summed E-state index contributed by atoms with van der Waals surface area (Å²) in [4.78, 5) is 19.1. The lowest BCUT2D eigenvalue weighted by molar-refractivity contribution is 1.01. The van der Waals surface area contributed by atoms with Crippen molar-refractivity contribution in [2.45, 2.75) is 10.6 Å². The molecule has 2 rings (SSSR count). The van der Waals surface area contributed by atoms with Gasteiger partial charge in [-0.15, -0.1) is 11.8 Å². The van der Waals surface area contributed by atoms with Crippen LogP contribution in [-0.4, -0.2) is 9.97 Å². The van der Waals surface area contributed by atoms with E-state index in [1.807, 2.05) is 24.3 Å². The molecule has 0 spiro atoms. The summed E-state index contributed by atoms with van der Waals surface area (Å²) in [6.45, 7) is 0. The smallest absolute Gasteiger partial charge is 0.274 e. The standard InChI is InChI=1S/C11H10BrN3OS/c12-7-1-3-8(4-2-7)17-6-10-14-5-9(13)11(16)15-10/h1-5H,6,13H2,(H,14,15,16). The molecule has 0 bridgehead atoms. The highest BCUT2D eigenvalue weighted by atomic mass is 79.9. The Balaban J connectivity index is 2.04. The molecule has 0 fully saturated rings. The van der Waals surface area contributed by atoms with Crippen LogP contribution in [0.15, 0.2) is 44.6 Å². The van der Waals surface area contributed by atoms with Crippen LogP contribution in [0.2, 0.25) is 0 Å². The van der Waals surface area contributed by atoms with Gasteiger partial charge in [-0.1, -0.05) is 15.9 Å². The number of benzene rings is 1. The Bertz CT molecular complexity index is 568. The third-order valence-electron chi connectivity index (χ3n) is 2.07. The van der Waals surface area contributed by atoms with E-state index in [0.29, 0.717) is 11.6 Å². The van der Waals surface area contributed by atoms with Crippen LogP contribution in [0.5, 0.6) is 0 Å². The van der Waals surface area contributed by atoms with Crippen molar-refractivity contribution in [3.8, 4) is 0 Å². The average molecular weight is 312 g/mol. The van der Waals surface area contributed by atoms with E-state index in [1.54, 1.807) is 11.8 Å². The molecule has 1 heterocycles. The summed E-state index contributed by atoms with van der Waals surface area (Å²) >= 11 is 4.98. The minimum atomic E-state index is -0.286. The van der Waals surface area contributed by atoms with Gasteiger partial charge in [0.15, 0.2) is 0 Å². The maximum absolute atomic E-state index is 11.3. The fourth-order valence-electron chi connectivity index (χ4n) is 1.20. The molecule has 0 aliphatic heterocycles. The highest BCUT2D eigenvalue weighted by molar-refractivity contribution is 9.10. The summed E-state index contributed by atoms with van der Waals surface area (Å²) in [6, 6.07) is 7.96. The van der Waals surface area contributed by atoms with Gasteiger partial charge < -0.3 is 10.7 Å². The van der Waals surface area contributed by atoms with Crippen LogP contribution in [0, 0.1) is 0 Å². The number of H-pyrrole nitrogens is 1. The average Bonchev–Trinajstić information content (AvgIpc) is 2.33. The first kappa shape index (κ1) is 12.2. The lowest BCUT2D eigenvalue weighted by Crippen LogP contribution is -2.14. The Morgan fingerprint density at radius 2 is 2.06 bits per heavy atom. The Morgan fingerprint density at radius 3 is 2.71 bits per heavy atom. The van der Waals surface area contributed by atoms with E-state index in [4.69, 9.17) is 5.73 Å². The van der Waals surface area contributed by atoms with E-state index in [0.717, 1.165) is 9.37 Å². The molecule has 3 N–H and O–H groups in total. The van der Waals surface area contributed by atoms with Gasteiger partial charge in [0.1, 0.15) is 11.5 Å². The number of anilines is 1. The lowest BCUT2D eigenvalue weighted by Gasteiger charge is -2.02. The second-order valence-electron chi connectivity index (χ2n) is 3.36. The third kappa shape index (κ3) is 3.34. The molecule has 1 aromatic heterocycles. The molecule has 0 saturated carbocycles. The molecule has 2 aromatic rings. The van der Waals surface area contributed by atoms with Crippen LogP contribution in [0.3, 0.4) is 0 Å². The van der Waals surface area contributed by atoms with Crippen molar-refractivity contribution >= 4 is 33.4 Å². The SMILES string of the molecule is Nc1cnc(CSc2ccc(Br)cc2)[nH]c1=O. The van der Waals surface area contributed by atoms with E-state index in [-0.39, 0.29) is 11.2 Å². The quantitative estimate of drug-likeness (QED) is 0.854. The van der Waals surface area contributed by atoms with Crippen LogP contribution < -0.4 is 11.3 Å². The summed E-state index contributed by atoms with van der Waals surface area (Å²) in [5, 5.41) is 0. The molecule has 0 radical (unpaired) electrons. The normalized spacial score (nSPS) is 10.4. The predicted molar refractivity (Wildman–Crippen MR) is 73.0 cm³/mol. The molecule has 0 aliphatic rings. The Hall–Kier alpha value is -1.27. The number of aromatic amines is 1. The van der Waals surface area contributed by atoms with Gasteiger partial charge in [-0.3, -0.25) is 4.79 Å².